The molecule has 2 aromatic rings. The van der Waals surface area contributed by atoms with Gasteiger partial charge in [0, 0.05) is 6.54 Å². The Bertz CT molecular complexity index is 1070. The van der Waals surface area contributed by atoms with Crippen molar-refractivity contribution in [1.82, 2.24) is 9.62 Å². The van der Waals surface area contributed by atoms with Crippen LogP contribution >= 0.6 is 0 Å². The first-order valence-electron chi connectivity index (χ1n) is 10.5. The molecule has 1 amide bonds. The third-order valence-electron chi connectivity index (χ3n) is 5.64. The molecular weight excluding hydrogens is 432 g/mol. The van der Waals surface area contributed by atoms with E-state index in [4.69, 9.17) is 4.74 Å². The first-order valence-corrected chi connectivity index (χ1v) is 12.0. The third-order valence-corrected chi connectivity index (χ3v) is 7.50. The van der Waals surface area contributed by atoms with Crippen LogP contribution in [-0.4, -0.2) is 48.9 Å². The van der Waals surface area contributed by atoms with Crippen molar-refractivity contribution in [3.8, 4) is 5.75 Å². The molecule has 0 aromatic heterocycles. The van der Waals surface area contributed by atoms with Crippen molar-refractivity contribution in [3.05, 3.63) is 59.7 Å². The van der Waals surface area contributed by atoms with E-state index in [1.807, 2.05) is 31.2 Å². The van der Waals surface area contributed by atoms with Gasteiger partial charge in [0.15, 0.2) is 0 Å². The SMILES string of the molecule is CCCCC(NC(=O)[C@@H]1Cc2ccccc2CN1S(=O)(=O)c1ccc(OC)cc1)C(=O)O. The number of aliphatic carboxylic acids is 1. The maximum atomic E-state index is 13.5. The van der Waals surface area contributed by atoms with Crippen LogP contribution in [0.15, 0.2) is 53.4 Å². The molecule has 2 atom stereocenters. The highest BCUT2D eigenvalue weighted by Crippen LogP contribution is 2.30. The van der Waals surface area contributed by atoms with E-state index in [9.17, 15) is 23.1 Å². The van der Waals surface area contributed by atoms with Gasteiger partial charge in [-0.15, -0.1) is 0 Å². The maximum absolute atomic E-state index is 13.5. The quantitative estimate of drug-likeness (QED) is 0.595. The third kappa shape index (κ3) is 5.11. The molecule has 32 heavy (non-hydrogen) atoms. The number of sulfonamides is 1. The lowest BCUT2D eigenvalue weighted by Crippen LogP contribution is -2.55. The zero-order valence-electron chi connectivity index (χ0n) is 18.2. The Morgan fingerprint density at radius 3 is 2.41 bits per heavy atom. The highest BCUT2D eigenvalue weighted by molar-refractivity contribution is 7.89. The molecular formula is C23H28N2O6S. The number of carboxylic acids is 1. The number of carbonyl (C=O) groups excluding carboxylic acids is 1. The Morgan fingerprint density at radius 2 is 1.81 bits per heavy atom. The molecule has 2 aromatic carbocycles. The van der Waals surface area contributed by atoms with Crippen molar-refractivity contribution >= 4 is 21.9 Å². The molecule has 0 fully saturated rings. The van der Waals surface area contributed by atoms with Crippen LogP contribution in [0.25, 0.3) is 0 Å². The smallest absolute Gasteiger partial charge is 0.326 e. The van der Waals surface area contributed by atoms with E-state index in [-0.39, 0.29) is 24.3 Å². The summed E-state index contributed by atoms with van der Waals surface area (Å²) in [6.07, 6.45) is 1.87. The molecule has 2 N–H and O–H groups in total. The van der Waals surface area contributed by atoms with Gasteiger partial charge < -0.3 is 15.2 Å². The predicted molar refractivity (Wildman–Crippen MR) is 119 cm³/mol. The first kappa shape index (κ1) is 23.7. The number of hydrogen-bond donors (Lipinski definition) is 2. The highest BCUT2D eigenvalue weighted by Gasteiger charge is 2.40. The van der Waals surface area contributed by atoms with Crippen molar-refractivity contribution in [3.63, 3.8) is 0 Å². The lowest BCUT2D eigenvalue weighted by atomic mass is 9.95. The second kappa shape index (κ2) is 10.1. The van der Waals surface area contributed by atoms with Gasteiger partial charge in [0.25, 0.3) is 0 Å². The zero-order valence-corrected chi connectivity index (χ0v) is 19.0. The standard InChI is InChI=1S/C23H28N2O6S/c1-3-4-9-20(23(27)28)24-22(26)21-14-16-7-5-6-8-17(16)15-25(21)32(29,30)19-12-10-18(31-2)11-13-19/h5-8,10-13,20-21H,3-4,9,14-15H2,1-2H3,(H,24,26)(H,27,28)/t20?,21-/m0/s1. The van der Waals surface area contributed by atoms with Gasteiger partial charge in [-0.25, -0.2) is 13.2 Å². The van der Waals surface area contributed by atoms with E-state index in [1.165, 1.54) is 19.2 Å². The van der Waals surface area contributed by atoms with E-state index >= 15 is 0 Å². The highest BCUT2D eigenvalue weighted by atomic mass is 32.2. The number of benzene rings is 2. The Balaban J connectivity index is 1.95. The fourth-order valence-corrected chi connectivity index (χ4v) is 5.36. The van der Waals surface area contributed by atoms with Crippen molar-refractivity contribution in [2.24, 2.45) is 0 Å². The number of hydrogen-bond acceptors (Lipinski definition) is 5. The van der Waals surface area contributed by atoms with Crippen LogP contribution < -0.4 is 10.1 Å². The second-order valence-electron chi connectivity index (χ2n) is 7.76. The molecule has 8 nitrogen and oxygen atoms in total. The molecule has 0 aliphatic carbocycles. The summed E-state index contributed by atoms with van der Waals surface area (Å²) in [4.78, 5) is 24.8. The number of ether oxygens (including phenoxy) is 1. The maximum Gasteiger partial charge on any atom is 0.326 e. The van der Waals surface area contributed by atoms with Crippen LogP contribution in [0.2, 0.25) is 0 Å². The minimum atomic E-state index is -4.03. The second-order valence-corrected chi connectivity index (χ2v) is 9.65. The van der Waals surface area contributed by atoms with Crippen LogP contribution in [0.1, 0.15) is 37.3 Å². The Labute approximate surface area is 188 Å². The van der Waals surface area contributed by atoms with Gasteiger partial charge in [-0.2, -0.15) is 4.31 Å². The Morgan fingerprint density at radius 1 is 1.16 bits per heavy atom. The van der Waals surface area contributed by atoms with Gasteiger partial charge >= 0.3 is 5.97 Å². The van der Waals surface area contributed by atoms with E-state index in [0.29, 0.717) is 12.2 Å². The fourth-order valence-electron chi connectivity index (χ4n) is 3.79. The normalized spacial score (nSPS) is 17.2. The summed E-state index contributed by atoms with van der Waals surface area (Å²) in [5, 5.41) is 12.1. The largest absolute Gasteiger partial charge is 0.497 e. The Hall–Kier alpha value is -2.91. The average Bonchev–Trinajstić information content (AvgIpc) is 2.80. The molecule has 1 heterocycles. The summed E-state index contributed by atoms with van der Waals surface area (Å²) >= 11 is 0. The molecule has 0 radical (unpaired) electrons. The molecule has 1 unspecified atom stereocenters. The van der Waals surface area contributed by atoms with Crippen molar-refractivity contribution in [2.45, 2.75) is 56.1 Å². The average molecular weight is 461 g/mol. The number of nitrogens with one attached hydrogen (secondary N) is 1. The summed E-state index contributed by atoms with van der Waals surface area (Å²) in [6.45, 7) is 1.96. The van der Waals surface area contributed by atoms with Crippen LogP contribution in [-0.2, 0) is 32.6 Å². The number of rotatable bonds is 9. The molecule has 0 spiro atoms. The van der Waals surface area contributed by atoms with Gasteiger partial charge in [-0.3, -0.25) is 4.79 Å². The van der Waals surface area contributed by atoms with E-state index < -0.39 is 34.0 Å². The number of nitrogens with zero attached hydrogens (tertiary/aromatic N) is 1. The predicted octanol–water partition coefficient (Wildman–Crippen LogP) is 2.57. The van der Waals surface area contributed by atoms with Gasteiger partial charge in [-0.05, 0) is 48.2 Å². The number of methoxy groups -OCH3 is 1. The van der Waals surface area contributed by atoms with Gasteiger partial charge in [0.2, 0.25) is 15.9 Å². The van der Waals surface area contributed by atoms with E-state index in [1.54, 1.807) is 12.1 Å². The molecule has 3 rings (SSSR count). The van der Waals surface area contributed by atoms with Crippen molar-refractivity contribution < 1.29 is 27.9 Å². The Kier molecular flexibility index (Phi) is 7.52. The molecule has 9 heteroatoms. The van der Waals surface area contributed by atoms with Crippen LogP contribution in [0.4, 0.5) is 0 Å². The molecule has 0 bridgehead atoms. The summed E-state index contributed by atoms with van der Waals surface area (Å²) < 4.78 is 33.2. The summed E-state index contributed by atoms with van der Waals surface area (Å²) in [5.74, 6) is -1.23. The minimum Gasteiger partial charge on any atom is -0.497 e. The lowest BCUT2D eigenvalue weighted by Gasteiger charge is -2.35. The lowest BCUT2D eigenvalue weighted by molar-refractivity contribution is -0.142. The van der Waals surface area contributed by atoms with Crippen LogP contribution in [0, 0.1) is 0 Å². The number of carbonyl (C=O) groups is 2. The van der Waals surface area contributed by atoms with Crippen LogP contribution in [0.5, 0.6) is 5.75 Å². The monoisotopic (exact) mass is 460 g/mol. The number of unbranched alkanes of at least 4 members (excludes halogenated alkanes) is 1. The van der Waals surface area contributed by atoms with Gasteiger partial charge in [-0.1, -0.05) is 44.0 Å². The summed E-state index contributed by atoms with van der Waals surface area (Å²) in [7, 11) is -2.54. The summed E-state index contributed by atoms with van der Waals surface area (Å²) in [5.41, 5.74) is 1.68. The van der Waals surface area contributed by atoms with E-state index in [2.05, 4.69) is 5.32 Å². The zero-order chi connectivity index (χ0) is 23.3. The van der Waals surface area contributed by atoms with Crippen molar-refractivity contribution in [1.29, 1.82) is 0 Å². The number of amides is 1. The topological polar surface area (TPSA) is 113 Å². The fraction of sp³-hybridized carbons (Fsp3) is 0.391. The number of carboxylic acid groups (broad SMARTS) is 1. The molecule has 1 aliphatic heterocycles. The van der Waals surface area contributed by atoms with Crippen molar-refractivity contribution in [2.75, 3.05) is 7.11 Å². The molecule has 1 aliphatic rings. The first-order chi connectivity index (χ1) is 15.3. The van der Waals surface area contributed by atoms with Gasteiger partial charge in [0.05, 0.1) is 12.0 Å². The summed E-state index contributed by atoms with van der Waals surface area (Å²) in [6, 6.07) is 11.2. The molecule has 0 saturated carbocycles. The molecule has 0 saturated heterocycles. The minimum absolute atomic E-state index is 0.0231. The van der Waals surface area contributed by atoms with Gasteiger partial charge in [0.1, 0.15) is 17.8 Å². The van der Waals surface area contributed by atoms with Crippen LogP contribution in [0.3, 0.4) is 0 Å². The number of fused-ring (bicyclic) bond motifs is 1. The van der Waals surface area contributed by atoms with E-state index in [0.717, 1.165) is 21.9 Å². The molecule has 172 valence electrons.